The number of aromatic carboxylic acids is 1. The van der Waals surface area contributed by atoms with E-state index >= 15 is 0 Å². The van der Waals surface area contributed by atoms with E-state index in [9.17, 15) is 14.7 Å². The van der Waals surface area contributed by atoms with Crippen molar-refractivity contribution in [2.75, 3.05) is 20.3 Å². The summed E-state index contributed by atoms with van der Waals surface area (Å²) in [6.45, 7) is 4.91. The third-order valence-electron chi connectivity index (χ3n) is 5.51. The fourth-order valence-electron chi connectivity index (χ4n) is 3.93. The SMILES string of the molecule is CCOc1cc(OCC)cc(-n2cc(C(=O)O)c(=O)c3c(OC)cc(OCc4ccccc4)cc32)c1. The molecule has 3 aromatic carbocycles. The first-order valence-corrected chi connectivity index (χ1v) is 11.5. The lowest BCUT2D eigenvalue weighted by Gasteiger charge is -2.18. The highest BCUT2D eigenvalue weighted by atomic mass is 16.5. The van der Waals surface area contributed by atoms with Gasteiger partial charge in [0, 0.05) is 36.5 Å². The number of methoxy groups -OCH3 is 1. The number of hydrogen-bond acceptors (Lipinski definition) is 6. The Bertz CT molecular complexity index is 1420. The van der Waals surface area contributed by atoms with E-state index in [1.165, 1.54) is 13.3 Å². The zero-order valence-electron chi connectivity index (χ0n) is 20.3. The maximum atomic E-state index is 13.2. The molecule has 1 heterocycles. The van der Waals surface area contributed by atoms with E-state index in [4.69, 9.17) is 18.9 Å². The topological polar surface area (TPSA) is 96.2 Å². The molecule has 0 aliphatic rings. The number of aromatic nitrogens is 1. The van der Waals surface area contributed by atoms with Crippen LogP contribution in [0.25, 0.3) is 16.6 Å². The maximum Gasteiger partial charge on any atom is 0.341 e. The van der Waals surface area contributed by atoms with Crippen molar-refractivity contribution in [3.05, 3.63) is 88.2 Å². The molecule has 0 aliphatic heterocycles. The molecule has 0 spiro atoms. The molecule has 0 radical (unpaired) electrons. The largest absolute Gasteiger partial charge is 0.496 e. The maximum absolute atomic E-state index is 13.2. The van der Waals surface area contributed by atoms with Gasteiger partial charge in [0.1, 0.15) is 35.2 Å². The normalized spacial score (nSPS) is 10.8. The monoisotopic (exact) mass is 489 g/mol. The highest BCUT2D eigenvalue weighted by Crippen LogP contribution is 2.33. The first-order valence-electron chi connectivity index (χ1n) is 11.5. The Labute approximate surface area is 208 Å². The molecule has 0 unspecified atom stereocenters. The Hall–Kier alpha value is -4.46. The van der Waals surface area contributed by atoms with Crippen molar-refractivity contribution in [1.29, 1.82) is 0 Å². The minimum atomic E-state index is -1.34. The molecule has 8 nitrogen and oxygen atoms in total. The van der Waals surface area contributed by atoms with E-state index in [0.717, 1.165) is 5.56 Å². The Kier molecular flexibility index (Phi) is 7.44. The summed E-state index contributed by atoms with van der Waals surface area (Å²) in [7, 11) is 1.43. The number of fused-ring (bicyclic) bond motifs is 1. The molecule has 36 heavy (non-hydrogen) atoms. The molecule has 4 rings (SSSR count). The van der Waals surface area contributed by atoms with Crippen LogP contribution in [0.1, 0.15) is 29.8 Å². The third kappa shape index (κ3) is 5.12. The molecular weight excluding hydrogens is 462 g/mol. The van der Waals surface area contributed by atoms with Crippen LogP contribution >= 0.6 is 0 Å². The summed E-state index contributed by atoms with van der Waals surface area (Å²) in [5.74, 6) is 0.429. The summed E-state index contributed by atoms with van der Waals surface area (Å²) < 4.78 is 24.6. The van der Waals surface area contributed by atoms with Crippen molar-refractivity contribution < 1.29 is 28.8 Å². The van der Waals surface area contributed by atoms with Crippen LogP contribution in [0.3, 0.4) is 0 Å². The third-order valence-corrected chi connectivity index (χ3v) is 5.51. The Morgan fingerprint density at radius 2 is 1.53 bits per heavy atom. The Morgan fingerprint density at radius 1 is 0.889 bits per heavy atom. The molecule has 8 heteroatoms. The number of rotatable bonds is 10. The average Bonchev–Trinajstić information content (AvgIpc) is 2.88. The fraction of sp³-hybridized carbons (Fsp3) is 0.214. The quantitative estimate of drug-likeness (QED) is 0.332. The van der Waals surface area contributed by atoms with Crippen molar-refractivity contribution in [2.45, 2.75) is 20.5 Å². The minimum absolute atomic E-state index is 0.129. The van der Waals surface area contributed by atoms with Gasteiger partial charge in [-0.3, -0.25) is 4.79 Å². The highest BCUT2D eigenvalue weighted by Gasteiger charge is 2.20. The van der Waals surface area contributed by atoms with Gasteiger partial charge in [-0.15, -0.1) is 0 Å². The molecule has 0 aliphatic carbocycles. The predicted octanol–water partition coefficient (Wildman–Crippen LogP) is 5.07. The molecule has 0 saturated heterocycles. The average molecular weight is 490 g/mol. The fourth-order valence-corrected chi connectivity index (χ4v) is 3.93. The van der Waals surface area contributed by atoms with Gasteiger partial charge in [-0.25, -0.2) is 4.79 Å². The van der Waals surface area contributed by atoms with E-state index in [2.05, 4.69) is 0 Å². The summed E-state index contributed by atoms with van der Waals surface area (Å²) in [6.07, 6.45) is 1.30. The molecule has 0 fully saturated rings. The molecule has 1 aromatic heterocycles. The molecule has 186 valence electrons. The first-order chi connectivity index (χ1) is 17.4. The van der Waals surface area contributed by atoms with Crippen LogP contribution in [0.15, 0.2) is 71.7 Å². The number of ether oxygens (including phenoxy) is 4. The number of nitrogens with zero attached hydrogens (tertiary/aromatic N) is 1. The van der Waals surface area contributed by atoms with Crippen LogP contribution < -0.4 is 24.4 Å². The van der Waals surface area contributed by atoms with Crippen molar-refractivity contribution >= 4 is 16.9 Å². The summed E-state index contributed by atoms with van der Waals surface area (Å²) in [6, 6.07) is 18.2. The number of benzene rings is 3. The minimum Gasteiger partial charge on any atom is -0.496 e. The lowest BCUT2D eigenvalue weighted by Crippen LogP contribution is -2.19. The zero-order chi connectivity index (χ0) is 25.7. The van der Waals surface area contributed by atoms with E-state index in [1.807, 2.05) is 44.2 Å². The predicted molar refractivity (Wildman–Crippen MR) is 136 cm³/mol. The van der Waals surface area contributed by atoms with Gasteiger partial charge in [0.2, 0.25) is 5.43 Å². The summed E-state index contributed by atoms with van der Waals surface area (Å²) in [5, 5.41) is 9.90. The smallest absolute Gasteiger partial charge is 0.341 e. The van der Waals surface area contributed by atoms with Crippen molar-refractivity contribution in [3.8, 4) is 28.7 Å². The number of carbonyl (C=O) groups is 1. The van der Waals surface area contributed by atoms with Gasteiger partial charge in [0.05, 0.1) is 36.9 Å². The van der Waals surface area contributed by atoms with E-state index in [-0.39, 0.29) is 11.1 Å². The number of carboxylic acids is 1. The molecule has 1 N–H and O–H groups in total. The molecule has 0 bridgehead atoms. The van der Waals surface area contributed by atoms with E-state index in [0.29, 0.717) is 48.3 Å². The van der Waals surface area contributed by atoms with Crippen LogP contribution in [-0.4, -0.2) is 36.0 Å². The zero-order valence-corrected chi connectivity index (χ0v) is 20.3. The van der Waals surface area contributed by atoms with Gasteiger partial charge in [0.15, 0.2) is 0 Å². The van der Waals surface area contributed by atoms with E-state index in [1.54, 1.807) is 34.9 Å². The standard InChI is InChI=1S/C28H27NO7/c1-4-34-20-11-19(12-21(13-20)35-5-2)29-16-23(28(31)32)27(30)26-24(29)14-22(15-25(26)33-3)36-17-18-9-7-6-8-10-18/h6-16H,4-5,17H2,1-3H3,(H,31,32). The van der Waals surface area contributed by atoms with Crippen LogP contribution in [0.4, 0.5) is 0 Å². The number of carboxylic acid groups (broad SMARTS) is 1. The van der Waals surface area contributed by atoms with Gasteiger partial charge in [-0.05, 0) is 19.4 Å². The van der Waals surface area contributed by atoms with Gasteiger partial charge in [-0.2, -0.15) is 0 Å². The molecule has 0 saturated carbocycles. The first kappa shape index (κ1) is 24.7. The lowest BCUT2D eigenvalue weighted by molar-refractivity contribution is 0.0695. The van der Waals surface area contributed by atoms with Gasteiger partial charge in [0.25, 0.3) is 0 Å². The molecular formula is C28H27NO7. The summed E-state index contributed by atoms with van der Waals surface area (Å²) in [5.41, 5.74) is 0.911. The molecule has 0 amide bonds. The van der Waals surface area contributed by atoms with Crippen molar-refractivity contribution in [3.63, 3.8) is 0 Å². The number of pyridine rings is 1. The second kappa shape index (κ2) is 10.9. The second-order valence-electron chi connectivity index (χ2n) is 7.87. The Morgan fingerprint density at radius 3 is 2.11 bits per heavy atom. The van der Waals surface area contributed by atoms with Crippen molar-refractivity contribution in [1.82, 2.24) is 4.57 Å². The number of hydrogen-bond donors (Lipinski definition) is 1. The van der Waals surface area contributed by atoms with Crippen LogP contribution in [0, 0.1) is 0 Å². The van der Waals surface area contributed by atoms with Crippen LogP contribution in [-0.2, 0) is 6.61 Å². The second-order valence-corrected chi connectivity index (χ2v) is 7.87. The van der Waals surface area contributed by atoms with Crippen LogP contribution in [0.5, 0.6) is 23.0 Å². The van der Waals surface area contributed by atoms with Crippen molar-refractivity contribution in [2.24, 2.45) is 0 Å². The van der Waals surface area contributed by atoms with Gasteiger partial charge >= 0.3 is 5.97 Å². The van der Waals surface area contributed by atoms with E-state index < -0.39 is 17.0 Å². The lowest BCUT2D eigenvalue weighted by atomic mass is 10.1. The summed E-state index contributed by atoms with van der Waals surface area (Å²) >= 11 is 0. The Balaban J connectivity index is 1.96. The molecule has 0 atom stereocenters. The molecule has 4 aromatic rings. The van der Waals surface area contributed by atoms with Gasteiger partial charge in [-0.1, -0.05) is 30.3 Å². The summed E-state index contributed by atoms with van der Waals surface area (Å²) in [4.78, 5) is 25.2. The van der Waals surface area contributed by atoms with Crippen LogP contribution in [0.2, 0.25) is 0 Å². The highest BCUT2D eigenvalue weighted by molar-refractivity contribution is 5.96. The van der Waals surface area contributed by atoms with Gasteiger partial charge < -0.3 is 28.6 Å².